The van der Waals surface area contributed by atoms with Gasteiger partial charge in [0.25, 0.3) is 0 Å². The lowest BCUT2D eigenvalue weighted by Crippen LogP contribution is -2.28. The molecule has 0 aliphatic carbocycles. The number of hydrogen-bond acceptors (Lipinski definition) is 6. The zero-order chi connectivity index (χ0) is 25.6. The van der Waals surface area contributed by atoms with Crippen LogP contribution in [0.25, 0.3) is 22.1 Å². The van der Waals surface area contributed by atoms with Gasteiger partial charge in [-0.2, -0.15) is 33.4 Å². The molecule has 0 fully saturated rings. The van der Waals surface area contributed by atoms with E-state index in [1.807, 2.05) is 0 Å². The minimum Gasteiger partial charge on any atom is -0.217 e. The van der Waals surface area contributed by atoms with Crippen molar-refractivity contribution < 1.29 is 16.8 Å². The molecule has 2 aromatic heterocycles. The summed E-state index contributed by atoms with van der Waals surface area (Å²) in [5.41, 5.74) is 1.67. The van der Waals surface area contributed by atoms with Crippen LogP contribution >= 0.6 is 46.4 Å². The predicted molar refractivity (Wildman–Crippen MR) is 136 cm³/mol. The van der Waals surface area contributed by atoms with Gasteiger partial charge in [-0.15, -0.1) is 0 Å². The van der Waals surface area contributed by atoms with E-state index in [-0.39, 0.29) is 10.6 Å². The van der Waals surface area contributed by atoms with Crippen LogP contribution in [0.2, 0.25) is 20.6 Å². The summed E-state index contributed by atoms with van der Waals surface area (Å²) in [4.78, 5) is 7.93. The molecule has 0 spiro atoms. The van der Waals surface area contributed by atoms with Crippen molar-refractivity contribution >= 4 is 88.9 Å². The third kappa shape index (κ3) is 5.00. The molecule has 0 aliphatic rings. The molecule has 10 nitrogen and oxygen atoms in total. The van der Waals surface area contributed by atoms with Gasteiger partial charge < -0.3 is 0 Å². The second kappa shape index (κ2) is 9.78. The molecule has 16 heteroatoms. The second-order valence-corrected chi connectivity index (χ2v) is 12.7. The van der Waals surface area contributed by atoms with Crippen LogP contribution in [0.4, 0.5) is 0 Å². The Morgan fingerprint density at radius 2 is 1.09 bits per heavy atom. The molecule has 0 atom stereocenters. The van der Waals surface area contributed by atoms with Gasteiger partial charge >= 0.3 is 20.4 Å². The van der Waals surface area contributed by atoms with E-state index in [4.69, 9.17) is 46.4 Å². The van der Waals surface area contributed by atoms with Crippen LogP contribution in [0.3, 0.4) is 0 Å². The van der Waals surface area contributed by atoms with Crippen LogP contribution in [0.5, 0.6) is 0 Å². The van der Waals surface area contributed by atoms with Crippen LogP contribution < -0.4 is 0 Å². The summed E-state index contributed by atoms with van der Waals surface area (Å²) in [6.07, 6.45) is 0. The Labute approximate surface area is 216 Å². The molecule has 0 saturated carbocycles. The Morgan fingerprint density at radius 1 is 0.647 bits per heavy atom. The highest BCUT2D eigenvalue weighted by Crippen LogP contribution is 2.26. The summed E-state index contributed by atoms with van der Waals surface area (Å²) in [7, 11) is -1.72. The molecule has 184 valence electrons. The standard InChI is InChI=1S/2C9H9Cl2N3O2S/c1-13(2)17(15,16)14-8-4-3-6(10)5-7(8)12-9(14)11;1-13(2)17(15,16)14-8-5-6(10)3-4-7(8)12-9(14)11/h2*3-5H,1-2H3. The Hall–Kier alpha value is -1.64. The highest BCUT2D eigenvalue weighted by Gasteiger charge is 2.24. The number of aromatic nitrogens is 4. The van der Waals surface area contributed by atoms with E-state index >= 15 is 0 Å². The molecule has 4 rings (SSSR count). The minimum absolute atomic E-state index is 0.115. The third-order valence-electron chi connectivity index (χ3n) is 4.46. The molecule has 34 heavy (non-hydrogen) atoms. The Balaban J connectivity index is 0.000000191. The molecule has 0 N–H and O–H groups in total. The first-order valence-electron chi connectivity index (χ1n) is 9.21. The maximum Gasteiger partial charge on any atom is 0.309 e. The number of rotatable bonds is 4. The topological polar surface area (TPSA) is 110 Å². The Bertz CT molecular complexity index is 1600. The average Bonchev–Trinajstić information content (AvgIpc) is 3.22. The molecule has 0 amide bonds. The second-order valence-electron chi connectivity index (χ2n) is 7.14. The van der Waals surface area contributed by atoms with E-state index in [0.717, 1.165) is 16.6 Å². The Morgan fingerprint density at radius 3 is 1.62 bits per heavy atom. The largest absolute Gasteiger partial charge is 0.309 e. The number of hydrogen-bond donors (Lipinski definition) is 0. The van der Waals surface area contributed by atoms with E-state index in [0.29, 0.717) is 32.1 Å². The average molecular weight is 588 g/mol. The van der Waals surface area contributed by atoms with E-state index < -0.39 is 20.4 Å². The van der Waals surface area contributed by atoms with Crippen molar-refractivity contribution in [3.05, 3.63) is 57.0 Å². The van der Waals surface area contributed by atoms with Gasteiger partial charge in [0, 0.05) is 38.2 Å². The van der Waals surface area contributed by atoms with Gasteiger partial charge in [-0.3, -0.25) is 0 Å². The number of fused-ring (bicyclic) bond motifs is 2. The zero-order valence-corrected chi connectivity index (χ0v) is 22.8. The van der Waals surface area contributed by atoms with Gasteiger partial charge in [0.15, 0.2) is 0 Å². The summed E-state index contributed by atoms with van der Waals surface area (Å²) in [5, 5.41) is 0.664. The van der Waals surface area contributed by atoms with Gasteiger partial charge in [-0.05, 0) is 59.6 Å². The first kappa shape index (κ1) is 27.0. The van der Waals surface area contributed by atoms with Crippen molar-refractivity contribution in [3.8, 4) is 0 Å². The summed E-state index contributed by atoms with van der Waals surface area (Å²) in [6, 6.07) is 9.47. The van der Waals surface area contributed by atoms with Crippen LogP contribution in [-0.4, -0.2) is 71.5 Å². The van der Waals surface area contributed by atoms with Crippen LogP contribution in [0.1, 0.15) is 0 Å². The van der Waals surface area contributed by atoms with Crippen LogP contribution in [0.15, 0.2) is 36.4 Å². The maximum absolute atomic E-state index is 12.1. The van der Waals surface area contributed by atoms with E-state index in [2.05, 4.69) is 9.97 Å². The van der Waals surface area contributed by atoms with Crippen LogP contribution in [0, 0.1) is 0 Å². The quantitative estimate of drug-likeness (QED) is 0.357. The molecule has 2 aromatic carbocycles. The highest BCUT2D eigenvalue weighted by atomic mass is 35.5. The summed E-state index contributed by atoms with van der Waals surface area (Å²) in [6.45, 7) is 0. The monoisotopic (exact) mass is 586 g/mol. The normalized spacial score (nSPS) is 12.5. The fourth-order valence-electron chi connectivity index (χ4n) is 2.77. The molecule has 0 radical (unpaired) electrons. The van der Waals surface area contributed by atoms with Crippen molar-refractivity contribution in [2.45, 2.75) is 0 Å². The SMILES string of the molecule is CN(C)S(=O)(=O)n1c(Cl)nc2cc(Cl)ccc21.CN(C)S(=O)(=O)n1c(Cl)nc2ccc(Cl)cc21. The number of imidazole rings is 2. The first-order valence-corrected chi connectivity index (χ1v) is 13.5. The molecular weight excluding hydrogens is 570 g/mol. The number of benzene rings is 2. The zero-order valence-electron chi connectivity index (χ0n) is 18.1. The van der Waals surface area contributed by atoms with Gasteiger partial charge in [-0.1, -0.05) is 23.2 Å². The van der Waals surface area contributed by atoms with Crippen molar-refractivity contribution in [1.82, 2.24) is 26.5 Å². The van der Waals surface area contributed by atoms with E-state index in [1.54, 1.807) is 30.3 Å². The van der Waals surface area contributed by atoms with Crippen molar-refractivity contribution in [3.63, 3.8) is 0 Å². The molecule has 2 heterocycles. The van der Waals surface area contributed by atoms with Gasteiger partial charge in [0.05, 0.1) is 22.1 Å². The van der Waals surface area contributed by atoms with E-state index in [1.165, 1.54) is 34.3 Å². The molecule has 0 bridgehead atoms. The van der Waals surface area contributed by atoms with Gasteiger partial charge in [0.2, 0.25) is 10.6 Å². The van der Waals surface area contributed by atoms with E-state index in [9.17, 15) is 16.8 Å². The number of halogens is 4. The first-order chi connectivity index (χ1) is 15.7. The minimum atomic E-state index is -3.71. The summed E-state index contributed by atoms with van der Waals surface area (Å²) in [5.74, 6) is 0. The van der Waals surface area contributed by atoms with Crippen molar-refractivity contribution in [2.75, 3.05) is 28.2 Å². The smallest absolute Gasteiger partial charge is 0.217 e. The highest BCUT2D eigenvalue weighted by molar-refractivity contribution is 7.88. The third-order valence-corrected chi connectivity index (χ3v) is 9.14. The number of nitrogens with zero attached hydrogens (tertiary/aromatic N) is 6. The van der Waals surface area contributed by atoms with Crippen molar-refractivity contribution in [1.29, 1.82) is 0 Å². The molecule has 4 aromatic rings. The van der Waals surface area contributed by atoms with Gasteiger partial charge in [-0.25, -0.2) is 9.97 Å². The Kier molecular flexibility index (Phi) is 7.76. The maximum atomic E-state index is 12.1. The lowest BCUT2D eigenvalue weighted by molar-refractivity contribution is 0.511. The lowest BCUT2D eigenvalue weighted by atomic mass is 10.3. The molecule has 0 unspecified atom stereocenters. The molecular formula is C18H18Cl4N6O4S2. The predicted octanol–water partition coefficient (Wildman–Crippen LogP) is 4.00. The molecule has 0 aliphatic heterocycles. The van der Waals surface area contributed by atoms with Crippen molar-refractivity contribution in [2.24, 2.45) is 0 Å². The fourth-order valence-corrected chi connectivity index (χ4v) is 5.90. The molecule has 0 saturated heterocycles. The fraction of sp³-hybridized carbons (Fsp3) is 0.222. The summed E-state index contributed by atoms with van der Waals surface area (Å²) < 4.78 is 52.3. The van der Waals surface area contributed by atoms with Crippen LogP contribution in [-0.2, 0) is 20.4 Å². The lowest BCUT2D eigenvalue weighted by Gasteiger charge is -2.13. The summed E-state index contributed by atoms with van der Waals surface area (Å²) >= 11 is 23.3. The van der Waals surface area contributed by atoms with Gasteiger partial charge in [0.1, 0.15) is 0 Å².